The van der Waals surface area contributed by atoms with Crippen LogP contribution in [0.3, 0.4) is 0 Å². The molecule has 1 atom stereocenters. The molecule has 0 heterocycles. The van der Waals surface area contributed by atoms with E-state index in [-0.39, 0.29) is 6.04 Å². The van der Waals surface area contributed by atoms with E-state index in [1.165, 1.54) is 6.26 Å². The van der Waals surface area contributed by atoms with Crippen LogP contribution in [-0.4, -0.2) is 14.7 Å². The fourth-order valence-electron chi connectivity index (χ4n) is 1.47. The van der Waals surface area contributed by atoms with E-state index < -0.39 is 9.84 Å². The molecular weight excluding hydrogens is 222 g/mol. The van der Waals surface area contributed by atoms with Crippen molar-refractivity contribution in [3.63, 3.8) is 0 Å². The highest BCUT2D eigenvalue weighted by Gasteiger charge is 2.11. The molecule has 0 aliphatic carbocycles. The van der Waals surface area contributed by atoms with Crippen LogP contribution in [0.2, 0.25) is 0 Å². The molecule has 0 amide bonds. The van der Waals surface area contributed by atoms with Gasteiger partial charge in [0.15, 0.2) is 9.84 Å². The van der Waals surface area contributed by atoms with Gasteiger partial charge in [-0.1, -0.05) is 17.7 Å². The Hall–Kier alpha value is -1.13. The van der Waals surface area contributed by atoms with Gasteiger partial charge < -0.3 is 5.73 Å². The Bertz CT molecular complexity index is 491. The molecule has 0 saturated carbocycles. The molecule has 88 valence electrons. The summed E-state index contributed by atoms with van der Waals surface area (Å²) in [6.45, 7) is 5.70. The van der Waals surface area contributed by atoms with Crippen molar-refractivity contribution in [1.29, 1.82) is 0 Å². The van der Waals surface area contributed by atoms with Crippen molar-refractivity contribution in [2.45, 2.75) is 24.3 Å². The van der Waals surface area contributed by atoms with Crippen molar-refractivity contribution in [2.24, 2.45) is 5.73 Å². The minimum atomic E-state index is -3.17. The number of sulfone groups is 1. The van der Waals surface area contributed by atoms with E-state index in [4.69, 9.17) is 5.73 Å². The summed E-state index contributed by atoms with van der Waals surface area (Å²) in [5.74, 6) is 0. The third-order valence-electron chi connectivity index (χ3n) is 2.28. The summed E-state index contributed by atoms with van der Waals surface area (Å²) in [5.41, 5.74) is 7.76. The molecule has 0 aromatic heterocycles. The maximum atomic E-state index is 11.4. The number of hydrogen-bond donors (Lipinski definition) is 1. The van der Waals surface area contributed by atoms with Crippen LogP contribution in [0.1, 0.15) is 24.9 Å². The second-order valence-electron chi connectivity index (χ2n) is 4.11. The van der Waals surface area contributed by atoms with Crippen molar-refractivity contribution >= 4 is 9.84 Å². The first-order chi connectivity index (χ1) is 7.30. The maximum absolute atomic E-state index is 11.4. The summed E-state index contributed by atoms with van der Waals surface area (Å²) in [6, 6.07) is 6.56. The van der Waals surface area contributed by atoms with E-state index in [0.29, 0.717) is 11.3 Å². The number of rotatable bonds is 4. The molecule has 0 aliphatic rings. The van der Waals surface area contributed by atoms with Gasteiger partial charge in [-0.3, -0.25) is 0 Å². The summed E-state index contributed by atoms with van der Waals surface area (Å²) in [7, 11) is -3.17. The normalized spacial score (nSPS) is 13.4. The molecule has 0 saturated heterocycles. The lowest BCUT2D eigenvalue weighted by atomic mass is 10.0. The molecule has 1 aromatic rings. The highest BCUT2D eigenvalue weighted by atomic mass is 32.2. The number of hydrogen-bond acceptors (Lipinski definition) is 3. The first-order valence-electron chi connectivity index (χ1n) is 5.00. The first-order valence-corrected chi connectivity index (χ1v) is 6.90. The summed E-state index contributed by atoms with van der Waals surface area (Å²) in [4.78, 5) is 0.308. The molecule has 1 aromatic carbocycles. The molecule has 0 fully saturated rings. The summed E-state index contributed by atoms with van der Waals surface area (Å²) in [6.07, 6.45) is 1.85. The van der Waals surface area contributed by atoms with Crippen LogP contribution in [0.4, 0.5) is 0 Å². The molecule has 4 heteroatoms. The predicted molar refractivity (Wildman–Crippen MR) is 65.9 cm³/mol. The Balaban J connectivity index is 3.04. The average Bonchev–Trinajstić information content (AvgIpc) is 2.15. The zero-order valence-electron chi connectivity index (χ0n) is 9.60. The molecule has 1 rings (SSSR count). The van der Waals surface area contributed by atoms with E-state index in [1.807, 2.05) is 13.0 Å². The van der Waals surface area contributed by atoms with Crippen LogP contribution in [0.25, 0.3) is 0 Å². The van der Waals surface area contributed by atoms with Crippen LogP contribution in [0.5, 0.6) is 0 Å². The third kappa shape index (κ3) is 3.47. The van der Waals surface area contributed by atoms with Gasteiger partial charge in [-0.15, -0.1) is 6.58 Å². The average molecular weight is 239 g/mol. The van der Waals surface area contributed by atoms with Crippen LogP contribution in [-0.2, 0) is 9.84 Å². The Morgan fingerprint density at radius 2 is 2.12 bits per heavy atom. The van der Waals surface area contributed by atoms with Gasteiger partial charge in [0.25, 0.3) is 0 Å². The molecule has 0 radical (unpaired) electrons. The largest absolute Gasteiger partial charge is 0.324 e. The summed E-state index contributed by atoms with van der Waals surface area (Å²) < 4.78 is 22.7. The molecule has 16 heavy (non-hydrogen) atoms. The van der Waals surface area contributed by atoms with Crippen molar-refractivity contribution in [3.05, 3.63) is 42.0 Å². The number of benzene rings is 1. The van der Waals surface area contributed by atoms with Crippen LogP contribution >= 0.6 is 0 Å². The highest BCUT2D eigenvalue weighted by Crippen LogP contribution is 2.20. The SMILES string of the molecule is C=C(C)CC(N)c1cccc(S(C)(=O)=O)c1. The quantitative estimate of drug-likeness (QED) is 0.818. The standard InChI is InChI=1S/C12H17NO2S/c1-9(2)7-12(13)10-5-4-6-11(8-10)16(3,14)15/h4-6,8,12H,1,7,13H2,2-3H3. The van der Waals surface area contributed by atoms with Gasteiger partial charge in [0.1, 0.15) is 0 Å². The molecule has 3 nitrogen and oxygen atoms in total. The number of nitrogens with two attached hydrogens (primary N) is 1. The Labute approximate surface area is 96.9 Å². The topological polar surface area (TPSA) is 60.2 Å². The minimum Gasteiger partial charge on any atom is -0.324 e. The zero-order chi connectivity index (χ0) is 12.3. The Morgan fingerprint density at radius 1 is 1.50 bits per heavy atom. The Morgan fingerprint density at radius 3 is 2.62 bits per heavy atom. The lowest BCUT2D eigenvalue weighted by molar-refractivity contribution is 0.601. The monoisotopic (exact) mass is 239 g/mol. The van der Waals surface area contributed by atoms with Crippen molar-refractivity contribution in [3.8, 4) is 0 Å². The Kier molecular flexibility index (Phi) is 3.88. The lowest BCUT2D eigenvalue weighted by Crippen LogP contribution is -2.11. The molecule has 2 N–H and O–H groups in total. The summed E-state index contributed by atoms with van der Waals surface area (Å²) in [5, 5.41) is 0. The first kappa shape index (κ1) is 12.9. The van der Waals surface area contributed by atoms with Gasteiger partial charge in [0.2, 0.25) is 0 Å². The molecule has 0 spiro atoms. The molecular formula is C12H17NO2S. The van der Waals surface area contributed by atoms with Gasteiger partial charge in [-0.2, -0.15) is 0 Å². The van der Waals surface area contributed by atoms with Crippen LogP contribution in [0, 0.1) is 0 Å². The second-order valence-corrected chi connectivity index (χ2v) is 6.13. The van der Waals surface area contributed by atoms with E-state index >= 15 is 0 Å². The van der Waals surface area contributed by atoms with Gasteiger partial charge in [-0.05, 0) is 31.0 Å². The fraction of sp³-hybridized carbons (Fsp3) is 0.333. The second kappa shape index (κ2) is 4.80. The van der Waals surface area contributed by atoms with Gasteiger partial charge in [-0.25, -0.2) is 8.42 Å². The lowest BCUT2D eigenvalue weighted by Gasteiger charge is -2.12. The third-order valence-corrected chi connectivity index (χ3v) is 3.39. The molecule has 0 bridgehead atoms. The van der Waals surface area contributed by atoms with Gasteiger partial charge >= 0.3 is 0 Å². The van der Waals surface area contributed by atoms with E-state index in [2.05, 4.69) is 6.58 Å². The van der Waals surface area contributed by atoms with Crippen molar-refractivity contribution in [2.75, 3.05) is 6.26 Å². The predicted octanol–water partition coefficient (Wildman–Crippen LogP) is 2.06. The maximum Gasteiger partial charge on any atom is 0.175 e. The van der Waals surface area contributed by atoms with E-state index in [9.17, 15) is 8.42 Å². The van der Waals surface area contributed by atoms with Crippen molar-refractivity contribution < 1.29 is 8.42 Å². The van der Waals surface area contributed by atoms with E-state index in [1.54, 1.807) is 18.2 Å². The summed E-state index contributed by atoms with van der Waals surface area (Å²) >= 11 is 0. The van der Waals surface area contributed by atoms with Crippen LogP contribution in [0.15, 0.2) is 41.3 Å². The van der Waals surface area contributed by atoms with E-state index in [0.717, 1.165) is 11.1 Å². The minimum absolute atomic E-state index is 0.195. The van der Waals surface area contributed by atoms with Gasteiger partial charge in [0.05, 0.1) is 4.90 Å². The van der Waals surface area contributed by atoms with Crippen molar-refractivity contribution in [1.82, 2.24) is 0 Å². The molecule has 1 unspecified atom stereocenters. The zero-order valence-corrected chi connectivity index (χ0v) is 10.4. The molecule has 0 aliphatic heterocycles. The smallest absolute Gasteiger partial charge is 0.175 e. The highest BCUT2D eigenvalue weighted by molar-refractivity contribution is 7.90. The fourth-order valence-corrected chi connectivity index (χ4v) is 2.15. The van der Waals surface area contributed by atoms with Crippen LogP contribution < -0.4 is 5.73 Å². The van der Waals surface area contributed by atoms with Gasteiger partial charge in [0, 0.05) is 12.3 Å².